The first-order valence-corrected chi connectivity index (χ1v) is 12.1. The molecule has 1 saturated carbocycles. The van der Waals surface area contributed by atoms with Crippen LogP contribution in [0.25, 0.3) is 5.69 Å². The molecule has 2 aliphatic heterocycles. The van der Waals surface area contributed by atoms with Crippen LogP contribution in [0.1, 0.15) is 50.5 Å². The Morgan fingerprint density at radius 3 is 2.34 bits per heavy atom. The van der Waals surface area contributed by atoms with Gasteiger partial charge in [-0.1, -0.05) is 31.4 Å². The van der Waals surface area contributed by atoms with Gasteiger partial charge < -0.3 is 10.0 Å². The molecule has 3 heterocycles. The van der Waals surface area contributed by atoms with Crippen molar-refractivity contribution in [1.29, 1.82) is 0 Å². The first-order valence-electron chi connectivity index (χ1n) is 12.1. The number of alkyl halides is 3. The van der Waals surface area contributed by atoms with E-state index in [1.807, 2.05) is 16.9 Å². The molecule has 1 aliphatic carbocycles. The number of likely N-dealkylation sites (tertiary alicyclic amines) is 2. The van der Waals surface area contributed by atoms with Crippen LogP contribution in [0.4, 0.5) is 13.2 Å². The van der Waals surface area contributed by atoms with Crippen molar-refractivity contribution >= 4 is 11.9 Å². The summed E-state index contributed by atoms with van der Waals surface area (Å²) in [7, 11) is 0. The van der Waals surface area contributed by atoms with Gasteiger partial charge in [-0.3, -0.25) is 9.69 Å². The summed E-state index contributed by atoms with van der Waals surface area (Å²) >= 11 is 0. The summed E-state index contributed by atoms with van der Waals surface area (Å²) in [6, 6.07) is 11.2. The number of amides is 1. The number of rotatable bonds is 5. The summed E-state index contributed by atoms with van der Waals surface area (Å²) in [6.45, 7) is 3.10. The van der Waals surface area contributed by atoms with Crippen LogP contribution in [0.2, 0.25) is 0 Å². The van der Waals surface area contributed by atoms with Gasteiger partial charge in [0.05, 0.1) is 5.69 Å². The van der Waals surface area contributed by atoms with Crippen molar-refractivity contribution in [3.05, 3.63) is 48.3 Å². The second-order valence-corrected chi connectivity index (χ2v) is 9.57. The van der Waals surface area contributed by atoms with Crippen molar-refractivity contribution in [2.24, 2.45) is 5.92 Å². The van der Waals surface area contributed by atoms with Crippen molar-refractivity contribution in [2.75, 3.05) is 13.1 Å². The van der Waals surface area contributed by atoms with Crippen LogP contribution < -0.4 is 0 Å². The number of nitrogens with zero attached hydrogens (tertiary/aromatic N) is 4. The molecule has 2 atom stereocenters. The molecule has 1 aromatic carbocycles. The Bertz CT molecular complexity index is 988. The number of aliphatic carboxylic acids is 1. The van der Waals surface area contributed by atoms with Crippen molar-refractivity contribution in [3.63, 3.8) is 0 Å². The van der Waals surface area contributed by atoms with Crippen molar-refractivity contribution in [3.8, 4) is 5.69 Å². The number of benzene rings is 1. The molecule has 5 rings (SSSR count). The normalized spacial score (nSPS) is 23.2. The molecule has 0 spiro atoms. The van der Waals surface area contributed by atoms with E-state index >= 15 is 0 Å². The van der Waals surface area contributed by atoms with Crippen LogP contribution in [0.15, 0.2) is 42.7 Å². The summed E-state index contributed by atoms with van der Waals surface area (Å²) in [4.78, 5) is 26.5. The van der Waals surface area contributed by atoms with Gasteiger partial charge in [0.25, 0.3) is 0 Å². The first kappa shape index (κ1) is 25.2. The number of carbonyl (C=O) groups excluding carboxylic acids is 1. The molecule has 0 unspecified atom stereocenters. The maximum atomic E-state index is 12.8. The van der Waals surface area contributed by atoms with Crippen LogP contribution >= 0.6 is 0 Å². The number of carbonyl (C=O) groups is 2. The lowest BCUT2D eigenvalue weighted by Gasteiger charge is -2.30. The molecule has 0 bridgehead atoms. The maximum absolute atomic E-state index is 12.8. The molecule has 1 amide bonds. The number of hydrogen-bond donors (Lipinski definition) is 1. The molecule has 7 nitrogen and oxygen atoms in total. The largest absolute Gasteiger partial charge is 0.490 e. The van der Waals surface area contributed by atoms with Gasteiger partial charge in [0.2, 0.25) is 5.91 Å². The Labute approximate surface area is 202 Å². The van der Waals surface area contributed by atoms with E-state index in [2.05, 4.69) is 39.2 Å². The lowest BCUT2D eigenvalue weighted by molar-refractivity contribution is -0.192. The van der Waals surface area contributed by atoms with E-state index in [0.717, 1.165) is 31.1 Å². The average molecular weight is 493 g/mol. The van der Waals surface area contributed by atoms with Gasteiger partial charge >= 0.3 is 12.1 Å². The summed E-state index contributed by atoms with van der Waals surface area (Å²) in [5.41, 5.74) is 2.26. The molecule has 1 aromatic heterocycles. The SMILES string of the molecule is O=C(O)C(F)(F)F.O=C1C[C@H]2[C@H](CCN2CC2CCCCC2)N1Cc1ccc(-n2cccn2)cc1. The third-order valence-corrected chi connectivity index (χ3v) is 7.25. The van der Waals surface area contributed by atoms with Crippen LogP contribution in [0.5, 0.6) is 0 Å². The molecular formula is C25H31F3N4O3. The zero-order valence-corrected chi connectivity index (χ0v) is 19.5. The summed E-state index contributed by atoms with van der Waals surface area (Å²) in [5, 5.41) is 11.4. The molecular weight excluding hydrogens is 461 g/mol. The monoisotopic (exact) mass is 492 g/mol. The summed E-state index contributed by atoms with van der Waals surface area (Å²) in [5.74, 6) is -1.57. The lowest BCUT2D eigenvalue weighted by atomic mass is 9.89. The van der Waals surface area contributed by atoms with Crippen molar-refractivity contribution in [1.82, 2.24) is 19.6 Å². The molecule has 2 saturated heterocycles. The van der Waals surface area contributed by atoms with Gasteiger partial charge in [-0.05, 0) is 48.9 Å². The van der Waals surface area contributed by atoms with Gasteiger partial charge in [0.1, 0.15) is 0 Å². The predicted molar refractivity (Wildman–Crippen MR) is 123 cm³/mol. The lowest BCUT2D eigenvalue weighted by Crippen LogP contribution is -2.39. The number of halogens is 3. The van der Waals surface area contributed by atoms with E-state index in [1.165, 1.54) is 44.2 Å². The Balaban J connectivity index is 0.000000364. The van der Waals surface area contributed by atoms with Crippen molar-refractivity contribution < 1.29 is 27.9 Å². The zero-order chi connectivity index (χ0) is 25.0. The second kappa shape index (κ2) is 10.8. The van der Waals surface area contributed by atoms with Crippen molar-refractivity contribution in [2.45, 2.75) is 69.8 Å². The molecule has 0 radical (unpaired) electrons. The quantitative estimate of drug-likeness (QED) is 0.675. The fourth-order valence-electron chi connectivity index (χ4n) is 5.52. The third-order valence-electron chi connectivity index (χ3n) is 7.25. The fraction of sp³-hybridized carbons (Fsp3) is 0.560. The fourth-order valence-corrected chi connectivity index (χ4v) is 5.52. The Morgan fingerprint density at radius 2 is 1.74 bits per heavy atom. The smallest absolute Gasteiger partial charge is 0.475 e. The third kappa shape index (κ3) is 6.22. The number of fused-ring (bicyclic) bond motifs is 1. The van der Waals surface area contributed by atoms with Gasteiger partial charge in [-0.15, -0.1) is 0 Å². The Morgan fingerprint density at radius 1 is 1.06 bits per heavy atom. The Hall–Kier alpha value is -2.88. The van der Waals surface area contributed by atoms with Gasteiger partial charge in [0.15, 0.2) is 0 Å². The van der Waals surface area contributed by atoms with E-state index in [4.69, 9.17) is 9.90 Å². The van der Waals surface area contributed by atoms with E-state index in [1.54, 1.807) is 6.20 Å². The molecule has 3 fully saturated rings. The van der Waals surface area contributed by atoms with E-state index in [0.29, 0.717) is 24.4 Å². The minimum Gasteiger partial charge on any atom is -0.475 e. The molecule has 10 heteroatoms. The van der Waals surface area contributed by atoms with E-state index in [-0.39, 0.29) is 0 Å². The zero-order valence-electron chi connectivity index (χ0n) is 19.5. The molecule has 35 heavy (non-hydrogen) atoms. The number of hydrogen-bond acceptors (Lipinski definition) is 4. The highest BCUT2D eigenvalue weighted by Gasteiger charge is 2.46. The summed E-state index contributed by atoms with van der Waals surface area (Å²) in [6.07, 6.45) is 7.46. The summed E-state index contributed by atoms with van der Waals surface area (Å²) < 4.78 is 33.6. The first-order chi connectivity index (χ1) is 16.7. The number of aromatic nitrogens is 2. The van der Waals surface area contributed by atoms with Crippen LogP contribution in [0, 0.1) is 5.92 Å². The highest BCUT2D eigenvalue weighted by Crippen LogP contribution is 2.35. The number of carboxylic acids is 1. The molecule has 2 aromatic rings. The van der Waals surface area contributed by atoms with Gasteiger partial charge in [-0.2, -0.15) is 18.3 Å². The minimum atomic E-state index is -5.08. The van der Waals surface area contributed by atoms with E-state index < -0.39 is 12.1 Å². The highest BCUT2D eigenvalue weighted by atomic mass is 19.4. The molecule has 3 aliphatic rings. The van der Waals surface area contributed by atoms with Gasteiger partial charge in [0, 0.05) is 50.5 Å². The number of carboxylic acid groups (broad SMARTS) is 1. The van der Waals surface area contributed by atoms with Crippen LogP contribution in [0.3, 0.4) is 0 Å². The van der Waals surface area contributed by atoms with E-state index in [9.17, 15) is 18.0 Å². The minimum absolute atomic E-state index is 0.333. The molecule has 1 N–H and O–H groups in total. The molecule has 190 valence electrons. The average Bonchev–Trinajstić information content (AvgIpc) is 3.55. The second-order valence-electron chi connectivity index (χ2n) is 9.57. The maximum Gasteiger partial charge on any atom is 0.490 e. The Kier molecular flexibility index (Phi) is 7.78. The highest BCUT2D eigenvalue weighted by molar-refractivity contribution is 5.80. The standard InChI is InChI=1S/C23H30N4O.C2HF3O2/c28-23-15-22-21(11-14-25(22)16-18-5-2-1-3-6-18)26(23)17-19-7-9-20(10-8-19)27-13-4-12-24-27;3-2(4,5)1(6)7/h4,7-10,12-13,18,21-22H,1-3,5-6,11,14-17H2;(H,6,7)/t21-,22-;/m0./s1. The predicted octanol–water partition coefficient (Wildman–Crippen LogP) is 4.26. The van der Waals surface area contributed by atoms with Crippen LogP contribution in [-0.4, -0.2) is 67.9 Å². The topological polar surface area (TPSA) is 78.7 Å². The van der Waals surface area contributed by atoms with Crippen LogP contribution in [-0.2, 0) is 16.1 Å². The van der Waals surface area contributed by atoms with Gasteiger partial charge in [-0.25, -0.2) is 9.48 Å².